The number of carbonyl (C=O) groups is 2. The highest BCUT2D eigenvalue weighted by Crippen LogP contribution is 2.18. The zero-order valence-corrected chi connectivity index (χ0v) is 13.1. The van der Waals surface area contributed by atoms with Crippen molar-refractivity contribution in [1.82, 2.24) is 10.3 Å². The van der Waals surface area contributed by atoms with Gasteiger partial charge in [-0.05, 0) is 38.1 Å². The molecule has 120 valence electrons. The number of hydrogen-bond acceptors (Lipinski definition) is 4. The molecule has 0 spiro atoms. The molecule has 0 saturated heterocycles. The highest BCUT2D eigenvalue weighted by molar-refractivity contribution is 6.04. The number of aryl methyl sites for hydroxylation is 1. The number of hydrogen-bond donors (Lipinski definition) is 2. The van der Waals surface area contributed by atoms with Crippen LogP contribution in [0.5, 0.6) is 5.75 Å². The van der Waals surface area contributed by atoms with Crippen LogP contribution in [0.3, 0.4) is 0 Å². The van der Waals surface area contributed by atoms with E-state index in [4.69, 9.17) is 4.74 Å². The first-order chi connectivity index (χ1) is 11.1. The maximum absolute atomic E-state index is 12.1. The van der Waals surface area contributed by atoms with Crippen molar-refractivity contribution in [2.45, 2.75) is 13.8 Å². The lowest BCUT2D eigenvalue weighted by atomic mass is 10.2. The Labute approximate surface area is 134 Å². The Morgan fingerprint density at radius 3 is 2.74 bits per heavy atom. The van der Waals surface area contributed by atoms with E-state index in [0.717, 1.165) is 5.69 Å². The average molecular weight is 313 g/mol. The number of nitrogens with zero attached hydrogens (tertiary/aromatic N) is 1. The van der Waals surface area contributed by atoms with E-state index in [-0.39, 0.29) is 18.4 Å². The SMILES string of the molecule is CCNC(=O)COc1cccc(NC(=O)c2ccc(C)nc2)c1. The van der Waals surface area contributed by atoms with Gasteiger partial charge >= 0.3 is 0 Å². The van der Waals surface area contributed by atoms with Gasteiger partial charge in [0.15, 0.2) is 6.61 Å². The predicted octanol–water partition coefficient (Wildman–Crippen LogP) is 2.16. The summed E-state index contributed by atoms with van der Waals surface area (Å²) in [5.41, 5.74) is 1.91. The number of nitrogens with one attached hydrogen (secondary N) is 2. The number of likely N-dealkylation sites (N-methyl/N-ethyl adjacent to an activating group) is 1. The monoisotopic (exact) mass is 313 g/mol. The third-order valence-corrected chi connectivity index (χ3v) is 3.01. The Bertz CT molecular complexity index is 684. The second kappa shape index (κ2) is 7.93. The zero-order chi connectivity index (χ0) is 16.7. The average Bonchev–Trinajstić information content (AvgIpc) is 2.54. The summed E-state index contributed by atoms with van der Waals surface area (Å²) in [5, 5.41) is 5.42. The van der Waals surface area contributed by atoms with Gasteiger partial charge in [-0.1, -0.05) is 6.07 Å². The molecule has 2 rings (SSSR count). The van der Waals surface area contributed by atoms with Gasteiger partial charge in [-0.2, -0.15) is 0 Å². The number of aromatic nitrogens is 1. The quantitative estimate of drug-likeness (QED) is 0.856. The van der Waals surface area contributed by atoms with Crippen molar-refractivity contribution in [2.75, 3.05) is 18.5 Å². The summed E-state index contributed by atoms with van der Waals surface area (Å²) < 4.78 is 5.39. The lowest BCUT2D eigenvalue weighted by Crippen LogP contribution is -2.28. The largest absolute Gasteiger partial charge is 0.484 e. The zero-order valence-electron chi connectivity index (χ0n) is 13.1. The van der Waals surface area contributed by atoms with Crippen molar-refractivity contribution >= 4 is 17.5 Å². The number of benzene rings is 1. The van der Waals surface area contributed by atoms with Crippen LogP contribution >= 0.6 is 0 Å². The van der Waals surface area contributed by atoms with Crippen LogP contribution in [0.2, 0.25) is 0 Å². The molecular formula is C17H19N3O3. The molecule has 0 radical (unpaired) electrons. The van der Waals surface area contributed by atoms with E-state index in [2.05, 4.69) is 15.6 Å². The number of ether oxygens (including phenoxy) is 1. The number of rotatable bonds is 6. The molecule has 0 aliphatic heterocycles. The van der Waals surface area contributed by atoms with Crippen LogP contribution in [-0.4, -0.2) is 29.9 Å². The van der Waals surface area contributed by atoms with E-state index in [0.29, 0.717) is 23.5 Å². The molecule has 0 unspecified atom stereocenters. The second-order valence-corrected chi connectivity index (χ2v) is 4.91. The van der Waals surface area contributed by atoms with Crippen molar-refractivity contribution in [3.05, 3.63) is 53.9 Å². The van der Waals surface area contributed by atoms with E-state index < -0.39 is 0 Å². The highest BCUT2D eigenvalue weighted by atomic mass is 16.5. The Balaban J connectivity index is 1.98. The van der Waals surface area contributed by atoms with Crippen molar-refractivity contribution in [2.24, 2.45) is 0 Å². The molecule has 0 atom stereocenters. The first-order valence-electron chi connectivity index (χ1n) is 7.32. The van der Waals surface area contributed by atoms with Crippen LogP contribution in [0.25, 0.3) is 0 Å². The Kier molecular flexibility index (Phi) is 5.68. The molecule has 6 nitrogen and oxygen atoms in total. The summed E-state index contributed by atoms with van der Waals surface area (Å²) >= 11 is 0. The fraction of sp³-hybridized carbons (Fsp3) is 0.235. The first-order valence-corrected chi connectivity index (χ1v) is 7.32. The van der Waals surface area contributed by atoms with Crippen molar-refractivity contribution in [3.8, 4) is 5.75 Å². The third kappa shape index (κ3) is 5.10. The van der Waals surface area contributed by atoms with E-state index >= 15 is 0 Å². The van der Waals surface area contributed by atoms with Gasteiger partial charge in [0.1, 0.15) is 5.75 Å². The van der Waals surface area contributed by atoms with Crippen LogP contribution in [0.15, 0.2) is 42.6 Å². The van der Waals surface area contributed by atoms with Gasteiger partial charge in [-0.15, -0.1) is 0 Å². The molecule has 0 bridgehead atoms. The van der Waals surface area contributed by atoms with Crippen LogP contribution in [-0.2, 0) is 4.79 Å². The first kappa shape index (κ1) is 16.5. The maximum Gasteiger partial charge on any atom is 0.257 e. The van der Waals surface area contributed by atoms with Gasteiger partial charge in [-0.3, -0.25) is 14.6 Å². The summed E-state index contributed by atoms with van der Waals surface area (Å²) in [6.45, 7) is 4.20. The van der Waals surface area contributed by atoms with E-state index in [1.165, 1.54) is 6.20 Å². The molecule has 1 aromatic heterocycles. The lowest BCUT2D eigenvalue weighted by molar-refractivity contribution is -0.122. The molecule has 2 amide bonds. The summed E-state index contributed by atoms with van der Waals surface area (Å²) in [6, 6.07) is 10.4. The molecule has 0 saturated carbocycles. The minimum atomic E-state index is -0.252. The normalized spacial score (nSPS) is 10.0. The lowest BCUT2D eigenvalue weighted by Gasteiger charge is -2.09. The molecule has 23 heavy (non-hydrogen) atoms. The maximum atomic E-state index is 12.1. The Morgan fingerprint density at radius 1 is 1.22 bits per heavy atom. The minimum absolute atomic E-state index is 0.0624. The van der Waals surface area contributed by atoms with E-state index in [9.17, 15) is 9.59 Å². The van der Waals surface area contributed by atoms with Crippen LogP contribution in [0.4, 0.5) is 5.69 Å². The van der Waals surface area contributed by atoms with Crippen LogP contribution < -0.4 is 15.4 Å². The van der Waals surface area contributed by atoms with Crippen LogP contribution in [0, 0.1) is 6.92 Å². The van der Waals surface area contributed by atoms with Gasteiger partial charge in [0.2, 0.25) is 0 Å². The fourth-order valence-corrected chi connectivity index (χ4v) is 1.87. The highest BCUT2D eigenvalue weighted by Gasteiger charge is 2.07. The minimum Gasteiger partial charge on any atom is -0.484 e. The molecule has 1 heterocycles. The third-order valence-electron chi connectivity index (χ3n) is 3.01. The van der Waals surface area contributed by atoms with Crippen molar-refractivity contribution < 1.29 is 14.3 Å². The van der Waals surface area contributed by atoms with E-state index in [1.807, 2.05) is 13.8 Å². The molecule has 6 heteroatoms. The fourth-order valence-electron chi connectivity index (χ4n) is 1.87. The topological polar surface area (TPSA) is 80.3 Å². The van der Waals surface area contributed by atoms with Gasteiger partial charge in [0.25, 0.3) is 11.8 Å². The van der Waals surface area contributed by atoms with Crippen molar-refractivity contribution in [1.29, 1.82) is 0 Å². The Morgan fingerprint density at radius 2 is 2.04 bits per heavy atom. The number of anilines is 1. The molecule has 0 aliphatic carbocycles. The summed E-state index contributed by atoms with van der Waals surface area (Å²) in [6.07, 6.45) is 1.53. The molecule has 0 aliphatic rings. The number of amides is 2. The van der Waals surface area contributed by atoms with Crippen molar-refractivity contribution in [3.63, 3.8) is 0 Å². The number of pyridine rings is 1. The molecular weight excluding hydrogens is 294 g/mol. The summed E-state index contributed by atoms with van der Waals surface area (Å²) in [5.74, 6) is 0.0714. The Hall–Kier alpha value is -2.89. The second-order valence-electron chi connectivity index (χ2n) is 4.91. The van der Waals surface area contributed by atoms with Gasteiger partial charge < -0.3 is 15.4 Å². The van der Waals surface area contributed by atoms with Gasteiger partial charge in [0.05, 0.1) is 5.56 Å². The summed E-state index contributed by atoms with van der Waals surface area (Å²) in [4.78, 5) is 27.6. The molecule has 2 aromatic rings. The number of carbonyl (C=O) groups excluding carboxylic acids is 2. The van der Waals surface area contributed by atoms with Gasteiger partial charge in [0, 0.05) is 30.2 Å². The van der Waals surface area contributed by atoms with E-state index in [1.54, 1.807) is 36.4 Å². The van der Waals surface area contributed by atoms with Gasteiger partial charge in [-0.25, -0.2) is 0 Å². The summed E-state index contributed by atoms with van der Waals surface area (Å²) in [7, 11) is 0. The standard InChI is InChI=1S/C17H19N3O3/c1-3-18-16(21)11-23-15-6-4-5-14(9-15)20-17(22)13-8-7-12(2)19-10-13/h4-10H,3,11H2,1-2H3,(H,18,21)(H,20,22). The molecule has 0 fully saturated rings. The molecule has 2 N–H and O–H groups in total. The predicted molar refractivity (Wildman–Crippen MR) is 87.5 cm³/mol. The molecule has 1 aromatic carbocycles. The smallest absolute Gasteiger partial charge is 0.257 e. The van der Waals surface area contributed by atoms with Crippen LogP contribution in [0.1, 0.15) is 23.0 Å².